The van der Waals surface area contributed by atoms with Crippen molar-refractivity contribution in [2.45, 2.75) is 0 Å². The predicted octanol–water partition coefficient (Wildman–Crippen LogP) is 3.02. The molecular weight excluding hydrogens is 284 g/mol. The molecule has 0 fully saturated rings. The number of rotatable bonds is 3. The molecule has 5 heteroatoms. The van der Waals surface area contributed by atoms with Crippen LogP contribution in [0.4, 0.5) is 11.4 Å². The van der Waals surface area contributed by atoms with Crippen molar-refractivity contribution in [2.24, 2.45) is 0 Å². The first-order chi connectivity index (χ1) is 10.1. The van der Waals surface area contributed by atoms with Crippen molar-refractivity contribution in [3.05, 3.63) is 48.0 Å². The van der Waals surface area contributed by atoms with Gasteiger partial charge in [-0.3, -0.25) is 0 Å². The maximum absolute atomic E-state index is 9.01. The van der Waals surface area contributed by atoms with E-state index in [-0.39, 0.29) is 5.75 Å². The fourth-order valence-electron chi connectivity index (χ4n) is 1.46. The number of ether oxygens (including phenoxy) is 1. The third-order valence-corrected chi connectivity index (χ3v) is 2.53. The standard InChI is InChI=1S/C9H9N.C7H7NO2S/c1-3-8-4-6-9(10-2)7-5-8;8-5-1-6(9)3-7(2-5)10-4-11/h1,4-7,10H,2H3;1-4,9H,8H2. The van der Waals surface area contributed by atoms with Gasteiger partial charge in [-0.25, -0.2) is 0 Å². The summed E-state index contributed by atoms with van der Waals surface area (Å²) in [7, 11) is 1.88. The predicted molar refractivity (Wildman–Crippen MR) is 90.7 cm³/mol. The molecule has 2 rings (SSSR count). The van der Waals surface area contributed by atoms with Gasteiger partial charge >= 0.3 is 0 Å². The zero-order valence-corrected chi connectivity index (χ0v) is 12.4. The maximum Gasteiger partial charge on any atom is 0.154 e. The molecule has 0 saturated carbocycles. The Balaban J connectivity index is 0.000000211. The molecule has 2 aromatic rings. The third kappa shape index (κ3) is 5.85. The second-order valence-corrected chi connectivity index (χ2v) is 4.14. The van der Waals surface area contributed by atoms with Gasteiger partial charge in [0.05, 0.1) is 0 Å². The van der Waals surface area contributed by atoms with E-state index in [1.807, 2.05) is 31.3 Å². The van der Waals surface area contributed by atoms with Crippen LogP contribution in [0, 0.1) is 12.3 Å². The lowest BCUT2D eigenvalue weighted by Crippen LogP contribution is -1.89. The van der Waals surface area contributed by atoms with E-state index in [1.165, 1.54) is 12.1 Å². The number of hydrogen-bond donors (Lipinski definition) is 3. The minimum absolute atomic E-state index is 0.0665. The van der Waals surface area contributed by atoms with Gasteiger partial charge in [0.25, 0.3) is 0 Å². The molecule has 0 aromatic heterocycles. The van der Waals surface area contributed by atoms with Gasteiger partial charge in [0, 0.05) is 42.2 Å². The number of thiocarbonyl (C=S) groups is 1. The van der Waals surface area contributed by atoms with Crippen molar-refractivity contribution in [3.8, 4) is 23.8 Å². The molecule has 21 heavy (non-hydrogen) atoms. The molecule has 0 aliphatic heterocycles. The lowest BCUT2D eigenvalue weighted by Gasteiger charge is -2.00. The van der Waals surface area contributed by atoms with Gasteiger partial charge in [0.1, 0.15) is 11.5 Å². The van der Waals surface area contributed by atoms with Gasteiger partial charge in [-0.15, -0.1) is 6.42 Å². The Morgan fingerprint density at radius 1 is 1.29 bits per heavy atom. The van der Waals surface area contributed by atoms with Crippen LogP contribution in [-0.2, 0) is 0 Å². The zero-order valence-electron chi connectivity index (χ0n) is 11.5. The first-order valence-electron chi connectivity index (χ1n) is 6.03. The Bertz CT molecular complexity index is 613. The van der Waals surface area contributed by atoms with Gasteiger partial charge in [-0.05, 0) is 36.5 Å². The summed E-state index contributed by atoms with van der Waals surface area (Å²) < 4.78 is 4.82. The smallest absolute Gasteiger partial charge is 0.154 e. The van der Waals surface area contributed by atoms with E-state index in [0.717, 1.165) is 16.8 Å². The van der Waals surface area contributed by atoms with E-state index in [9.17, 15) is 0 Å². The molecule has 0 aliphatic rings. The first-order valence-corrected chi connectivity index (χ1v) is 6.50. The Labute approximate surface area is 129 Å². The highest BCUT2D eigenvalue weighted by atomic mass is 32.1. The molecule has 0 amide bonds. The largest absolute Gasteiger partial charge is 0.508 e. The van der Waals surface area contributed by atoms with Gasteiger partial charge < -0.3 is 20.9 Å². The molecule has 0 unspecified atom stereocenters. The number of nitrogen functional groups attached to an aromatic ring is 1. The highest BCUT2D eigenvalue weighted by Gasteiger charge is 1.96. The van der Waals surface area contributed by atoms with Gasteiger partial charge in [-0.2, -0.15) is 0 Å². The summed E-state index contributed by atoms with van der Waals surface area (Å²) in [6.07, 6.45) is 5.17. The molecule has 0 spiro atoms. The highest BCUT2D eigenvalue weighted by molar-refractivity contribution is 7.78. The fraction of sp³-hybridized carbons (Fsp3) is 0.0625. The van der Waals surface area contributed by atoms with E-state index in [4.69, 9.17) is 22.0 Å². The molecule has 4 N–H and O–H groups in total. The van der Waals surface area contributed by atoms with Crippen LogP contribution in [0.25, 0.3) is 0 Å². The van der Waals surface area contributed by atoms with Gasteiger partial charge in [-0.1, -0.05) is 5.92 Å². The van der Waals surface area contributed by atoms with Crippen LogP contribution >= 0.6 is 12.2 Å². The van der Waals surface area contributed by atoms with E-state index >= 15 is 0 Å². The molecule has 0 saturated heterocycles. The summed E-state index contributed by atoms with van der Waals surface area (Å²) in [6.45, 7) is 0. The molecule has 4 nitrogen and oxygen atoms in total. The second kappa shape index (κ2) is 8.46. The number of nitrogens with one attached hydrogen (secondary N) is 1. The van der Waals surface area contributed by atoms with Crippen molar-refractivity contribution in [1.82, 2.24) is 0 Å². The van der Waals surface area contributed by atoms with Crippen LogP contribution in [0.2, 0.25) is 0 Å². The lowest BCUT2D eigenvalue weighted by atomic mass is 10.2. The van der Waals surface area contributed by atoms with E-state index < -0.39 is 0 Å². The van der Waals surface area contributed by atoms with Gasteiger partial charge in [0.2, 0.25) is 0 Å². The normalized spacial score (nSPS) is 8.76. The lowest BCUT2D eigenvalue weighted by molar-refractivity contribution is 0.471. The number of benzene rings is 2. The highest BCUT2D eigenvalue weighted by Crippen LogP contribution is 2.22. The summed E-state index contributed by atoms with van der Waals surface area (Å²) in [5.74, 6) is 3.06. The number of phenols is 1. The first kappa shape index (κ1) is 16.3. The summed E-state index contributed by atoms with van der Waals surface area (Å²) >= 11 is 4.45. The van der Waals surface area contributed by atoms with Crippen molar-refractivity contribution in [3.63, 3.8) is 0 Å². The monoisotopic (exact) mass is 300 g/mol. The number of nitrogens with two attached hydrogens (primary N) is 1. The molecule has 2 aromatic carbocycles. The number of hydrogen-bond acceptors (Lipinski definition) is 5. The zero-order chi connectivity index (χ0) is 15.7. The van der Waals surface area contributed by atoms with Crippen molar-refractivity contribution < 1.29 is 9.84 Å². The maximum atomic E-state index is 9.01. The Hall–Kier alpha value is -2.71. The summed E-state index contributed by atoms with van der Waals surface area (Å²) in [5, 5.41) is 12.0. The molecule has 0 atom stereocenters. The fourth-order valence-corrected chi connectivity index (χ4v) is 1.57. The summed E-state index contributed by atoms with van der Waals surface area (Å²) in [4.78, 5) is 0. The molecule has 0 heterocycles. The molecular formula is C16H16N2O2S. The number of aromatic hydroxyl groups is 1. The van der Waals surface area contributed by atoms with Gasteiger partial charge in [0.15, 0.2) is 5.55 Å². The Kier molecular flexibility index (Phi) is 6.58. The van der Waals surface area contributed by atoms with Crippen molar-refractivity contribution >= 4 is 29.1 Å². The minimum Gasteiger partial charge on any atom is -0.508 e. The minimum atomic E-state index is 0.0665. The van der Waals surface area contributed by atoms with E-state index in [1.54, 1.807) is 6.07 Å². The summed E-state index contributed by atoms with van der Waals surface area (Å²) in [5.41, 5.74) is 8.95. The number of terminal acetylenes is 1. The van der Waals surface area contributed by atoms with Crippen LogP contribution < -0.4 is 15.8 Å². The molecule has 0 bridgehead atoms. The van der Waals surface area contributed by atoms with Crippen LogP contribution in [0.3, 0.4) is 0 Å². The second-order valence-electron chi connectivity index (χ2n) is 3.95. The van der Waals surface area contributed by atoms with Crippen LogP contribution in [0.5, 0.6) is 11.5 Å². The number of anilines is 2. The summed E-state index contributed by atoms with van der Waals surface area (Å²) in [6, 6.07) is 12.2. The van der Waals surface area contributed by atoms with E-state index in [2.05, 4.69) is 23.5 Å². The molecule has 0 aliphatic carbocycles. The Morgan fingerprint density at radius 2 is 1.95 bits per heavy atom. The van der Waals surface area contributed by atoms with E-state index in [0.29, 0.717) is 11.4 Å². The number of phenolic OH excluding ortho intramolecular Hbond substituents is 1. The van der Waals surface area contributed by atoms with Crippen LogP contribution in [0.15, 0.2) is 42.5 Å². The quantitative estimate of drug-likeness (QED) is 0.462. The molecule has 108 valence electrons. The van der Waals surface area contributed by atoms with Crippen molar-refractivity contribution in [2.75, 3.05) is 18.1 Å². The van der Waals surface area contributed by atoms with Crippen LogP contribution in [0.1, 0.15) is 5.56 Å². The average molecular weight is 300 g/mol. The molecule has 0 radical (unpaired) electrons. The third-order valence-electron chi connectivity index (χ3n) is 2.44. The SMILES string of the molecule is C#Cc1ccc(NC)cc1.Nc1cc(O)cc(OC=S)c1. The van der Waals surface area contributed by atoms with Crippen molar-refractivity contribution in [1.29, 1.82) is 0 Å². The topological polar surface area (TPSA) is 67.5 Å². The average Bonchev–Trinajstić information content (AvgIpc) is 2.47. The Morgan fingerprint density at radius 3 is 2.43 bits per heavy atom. The van der Waals surface area contributed by atoms with Crippen LogP contribution in [-0.4, -0.2) is 17.7 Å².